The molecule has 1 fully saturated rings. The molecule has 0 radical (unpaired) electrons. The Balaban J connectivity index is 2.76. The highest BCUT2D eigenvalue weighted by atomic mass is 16.5. The van der Waals surface area contributed by atoms with E-state index in [0.717, 1.165) is 0 Å². The molecule has 0 aliphatic carbocycles. The van der Waals surface area contributed by atoms with Crippen LogP contribution in [0.1, 0.15) is 13.8 Å². The largest absolute Gasteiger partial charge is 0.457 e. The molecular weight excluding hydrogens is 156 g/mol. The number of ether oxygens (including phenoxy) is 1. The van der Waals surface area contributed by atoms with E-state index in [-0.39, 0.29) is 18.0 Å². The number of carbonyl (C=O) groups is 1. The molecule has 0 spiro atoms. The molecule has 0 aromatic heterocycles. The van der Waals surface area contributed by atoms with Crippen LogP contribution in [0.5, 0.6) is 0 Å². The van der Waals surface area contributed by atoms with Crippen LogP contribution in [0.2, 0.25) is 0 Å². The van der Waals surface area contributed by atoms with Gasteiger partial charge in [-0.3, -0.25) is 4.79 Å². The summed E-state index contributed by atoms with van der Waals surface area (Å²) >= 11 is 0. The van der Waals surface area contributed by atoms with Crippen LogP contribution >= 0.6 is 0 Å². The van der Waals surface area contributed by atoms with Crippen LogP contribution in [0.25, 0.3) is 0 Å². The van der Waals surface area contributed by atoms with Gasteiger partial charge in [-0.2, -0.15) is 0 Å². The van der Waals surface area contributed by atoms with Crippen LogP contribution in [0.4, 0.5) is 0 Å². The summed E-state index contributed by atoms with van der Waals surface area (Å²) in [5.74, 6) is -0.822. The van der Waals surface area contributed by atoms with E-state index in [4.69, 9.17) is 4.74 Å². The highest BCUT2D eigenvalue weighted by Crippen LogP contribution is 2.26. The van der Waals surface area contributed by atoms with Gasteiger partial charge in [0.05, 0.1) is 12.0 Å². The summed E-state index contributed by atoms with van der Waals surface area (Å²) in [6.45, 7) is 7.06. The van der Waals surface area contributed by atoms with Crippen molar-refractivity contribution in [2.75, 3.05) is 0 Å². The van der Waals surface area contributed by atoms with Gasteiger partial charge in [0.15, 0.2) is 0 Å². The van der Waals surface area contributed by atoms with Crippen molar-refractivity contribution in [3.05, 3.63) is 12.7 Å². The smallest absolute Gasteiger partial charge is 0.311 e. The van der Waals surface area contributed by atoms with Crippen molar-refractivity contribution in [3.63, 3.8) is 0 Å². The number of aliphatic hydroxyl groups is 1. The Hall–Kier alpha value is -0.830. The first-order chi connectivity index (χ1) is 5.57. The van der Waals surface area contributed by atoms with E-state index in [1.807, 2.05) is 6.92 Å². The van der Waals surface area contributed by atoms with Crippen LogP contribution in [0, 0.1) is 11.8 Å². The summed E-state index contributed by atoms with van der Waals surface area (Å²) in [4.78, 5) is 11.1. The number of hydrogen-bond acceptors (Lipinski definition) is 3. The van der Waals surface area contributed by atoms with Gasteiger partial charge in [0.2, 0.25) is 0 Å². The Labute approximate surface area is 72.0 Å². The molecule has 12 heavy (non-hydrogen) atoms. The molecule has 1 heterocycles. The average Bonchev–Trinajstić information content (AvgIpc) is 2.08. The summed E-state index contributed by atoms with van der Waals surface area (Å²) in [5, 5.41) is 9.57. The van der Waals surface area contributed by atoms with Crippen LogP contribution in [0.3, 0.4) is 0 Å². The average molecular weight is 170 g/mol. The summed E-state index contributed by atoms with van der Waals surface area (Å²) in [6, 6.07) is 0. The van der Waals surface area contributed by atoms with E-state index in [2.05, 4.69) is 6.58 Å². The second-order valence-corrected chi connectivity index (χ2v) is 3.28. The zero-order chi connectivity index (χ0) is 9.30. The van der Waals surface area contributed by atoms with Crippen LogP contribution in [-0.2, 0) is 9.53 Å². The van der Waals surface area contributed by atoms with Gasteiger partial charge in [0.1, 0.15) is 6.10 Å². The molecule has 0 aromatic rings. The molecule has 0 amide bonds. The lowest BCUT2D eigenvalue weighted by atomic mass is 9.86. The fourth-order valence-corrected chi connectivity index (χ4v) is 1.40. The van der Waals surface area contributed by atoms with E-state index >= 15 is 0 Å². The van der Waals surface area contributed by atoms with Gasteiger partial charge in [0.25, 0.3) is 0 Å². The standard InChI is InChI=1S/C9H14O3/c1-4-7-5(2)8(10)6(3)9(11)12-7/h4-8,10H,1H2,2-3H3/t5-,6+,7+,8-/m0/s1. The second-order valence-electron chi connectivity index (χ2n) is 3.28. The van der Waals surface area contributed by atoms with Crippen LogP contribution < -0.4 is 0 Å². The maximum atomic E-state index is 11.1. The maximum absolute atomic E-state index is 11.1. The fourth-order valence-electron chi connectivity index (χ4n) is 1.40. The van der Waals surface area contributed by atoms with Gasteiger partial charge in [0, 0.05) is 5.92 Å². The fraction of sp³-hybridized carbons (Fsp3) is 0.667. The third kappa shape index (κ3) is 1.37. The molecule has 0 saturated carbocycles. The Morgan fingerprint density at radius 1 is 1.58 bits per heavy atom. The SMILES string of the molecule is C=C[C@H]1OC(=O)[C@H](C)[C@@H](O)[C@H]1C. The molecule has 3 nitrogen and oxygen atoms in total. The van der Waals surface area contributed by atoms with Crippen molar-refractivity contribution in [3.8, 4) is 0 Å². The maximum Gasteiger partial charge on any atom is 0.311 e. The molecule has 0 bridgehead atoms. The van der Waals surface area contributed by atoms with E-state index in [9.17, 15) is 9.90 Å². The Morgan fingerprint density at radius 2 is 2.17 bits per heavy atom. The van der Waals surface area contributed by atoms with Gasteiger partial charge in [-0.05, 0) is 6.92 Å². The van der Waals surface area contributed by atoms with E-state index in [1.54, 1.807) is 13.0 Å². The molecule has 1 aliphatic rings. The number of carbonyl (C=O) groups excluding carboxylic acids is 1. The van der Waals surface area contributed by atoms with E-state index in [0.29, 0.717) is 0 Å². The number of cyclic esters (lactones) is 1. The summed E-state index contributed by atoms with van der Waals surface area (Å²) < 4.78 is 5.01. The molecule has 0 unspecified atom stereocenters. The van der Waals surface area contributed by atoms with Crippen molar-refractivity contribution in [2.24, 2.45) is 11.8 Å². The Morgan fingerprint density at radius 3 is 2.67 bits per heavy atom. The topological polar surface area (TPSA) is 46.5 Å². The van der Waals surface area contributed by atoms with Crippen molar-refractivity contribution in [2.45, 2.75) is 26.1 Å². The first-order valence-electron chi connectivity index (χ1n) is 4.09. The Kier molecular flexibility index (Phi) is 2.52. The second kappa shape index (κ2) is 3.27. The number of rotatable bonds is 1. The predicted molar refractivity (Wildman–Crippen MR) is 44.4 cm³/mol. The molecule has 1 N–H and O–H groups in total. The highest BCUT2D eigenvalue weighted by molar-refractivity contribution is 5.74. The minimum Gasteiger partial charge on any atom is -0.457 e. The first kappa shape index (κ1) is 9.26. The highest BCUT2D eigenvalue weighted by Gasteiger charge is 2.38. The van der Waals surface area contributed by atoms with Gasteiger partial charge >= 0.3 is 5.97 Å². The van der Waals surface area contributed by atoms with Crippen molar-refractivity contribution in [1.82, 2.24) is 0 Å². The molecule has 3 heteroatoms. The van der Waals surface area contributed by atoms with Crippen LogP contribution in [-0.4, -0.2) is 23.3 Å². The molecule has 0 aromatic carbocycles. The van der Waals surface area contributed by atoms with E-state index in [1.165, 1.54) is 0 Å². The molecule has 1 rings (SSSR count). The van der Waals surface area contributed by atoms with Gasteiger partial charge in [-0.1, -0.05) is 19.6 Å². The zero-order valence-electron chi connectivity index (χ0n) is 7.36. The van der Waals surface area contributed by atoms with Gasteiger partial charge < -0.3 is 9.84 Å². The molecule has 4 atom stereocenters. The first-order valence-corrected chi connectivity index (χ1v) is 4.09. The van der Waals surface area contributed by atoms with Gasteiger partial charge in [-0.25, -0.2) is 0 Å². The summed E-state index contributed by atoms with van der Waals surface area (Å²) in [7, 11) is 0. The number of hydrogen-bond donors (Lipinski definition) is 1. The number of aliphatic hydroxyl groups excluding tert-OH is 1. The third-order valence-corrected chi connectivity index (χ3v) is 2.43. The quantitative estimate of drug-likeness (QED) is 0.466. The summed E-state index contributed by atoms with van der Waals surface area (Å²) in [6.07, 6.45) is 0.593. The van der Waals surface area contributed by atoms with Crippen molar-refractivity contribution >= 4 is 5.97 Å². The third-order valence-electron chi connectivity index (χ3n) is 2.43. The molecular formula is C9H14O3. The van der Waals surface area contributed by atoms with Crippen molar-refractivity contribution < 1.29 is 14.6 Å². The zero-order valence-corrected chi connectivity index (χ0v) is 7.36. The lowest BCUT2D eigenvalue weighted by Crippen LogP contribution is -2.45. The van der Waals surface area contributed by atoms with Gasteiger partial charge in [-0.15, -0.1) is 0 Å². The lowest BCUT2D eigenvalue weighted by molar-refractivity contribution is -0.172. The normalized spacial score (nSPS) is 42.1. The molecule has 1 saturated heterocycles. The Bertz CT molecular complexity index is 198. The minimum absolute atomic E-state index is 0.0600. The van der Waals surface area contributed by atoms with E-state index < -0.39 is 12.0 Å². The minimum atomic E-state index is -0.616. The monoisotopic (exact) mass is 170 g/mol. The number of esters is 1. The lowest BCUT2D eigenvalue weighted by Gasteiger charge is -2.34. The van der Waals surface area contributed by atoms with Crippen LogP contribution in [0.15, 0.2) is 12.7 Å². The summed E-state index contributed by atoms with van der Waals surface area (Å²) in [5.41, 5.74) is 0. The molecule has 1 aliphatic heterocycles. The van der Waals surface area contributed by atoms with Crippen molar-refractivity contribution in [1.29, 1.82) is 0 Å². The molecule has 68 valence electrons. The predicted octanol–water partition coefficient (Wildman–Crippen LogP) is 0.731.